The van der Waals surface area contributed by atoms with E-state index in [1.165, 1.54) is 6.42 Å². The molecule has 0 spiro atoms. The molecule has 1 amide bonds. The van der Waals surface area contributed by atoms with Crippen molar-refractivity contribution in [2.24, 2.45) is 5.73 Å². The highest BCUT2D eigenvalue weighted by molar-refractivity contribution is 5.82. The van der Waals surface area contributed by atoms with Crippen molar-refractivity contribution in [2.75, 3.05) is 6.54 Å². The van der Waals surface area contributed by atoms with Crippen molar-refractivity contribution in [1.29, 1.82) is 0 Å². The summed E-state index contributed by atoms with van der Waals surface area (Å²) in [4.78, 5) is 11.5. The van der Waals surface area contributed by atoms with Gasteiger partial charge in [0.05, 0.1) is 6.04 Å². The van der Waals surface area contributed by atoms with Crippen LogP contribution in [0.25, 0.3) is 0 Å². The van der Waals surface area contributed by atoms with Gasteiger partial charge in [0.15, 0.2) is 0 Å². The third kappa shape index (κ3) is 2.92. The maximum atomic E-state index is 11.5. The molecule has 4 N–H and O–H groups in total. The molecule has 1 aliphatic carbocycles. The minimum atomic E-state index is 0.0223. The highest BCUT2D eigenvalue weighted by Crippen LogP contribution is 2.18. The highest BCUT2D eigenvalue weighted by Gasteiger charge is 2.26. The van der Waals surface area contributed by atoms with Gasteiger partial charge in [0.2, 0.25) is 5.91 Å². The van der Waals surface area contributed by atoms with Crippen molar-refractivity contribution in [2.45, 2.75) is 56.7 Å². The summed E-state index contributed by atoms with van der Waals surface area (Å²) < 4.78 is 0. The lowest BCUT2D eigenvalue weighted by molar-refractivity contribution is -0.124. The van der Waals surface area contributed by atoms with Gasteiger partial charge >= 0.3 is 0 Å². The molecule has 1 heterocycles. The second-order valence-corrected chi connectivity index (χ2v) is 4.78. The summed E-state index contributed by atoms with van der Waals surface area (Å²) in [6, 6.07) is 0.791. The molecular weight excluding hydrogens is 190 g/mol. The van der Waals surface area contributed by atoms with Crippen LogP contribution in [0.15, 0.2) is 0 Å². The van der Waals surface area contributed by atoms with Gasteiger partial charge in [0.1, 0.15) is 0 Å². The molecule has 1 saturated carbocycles. The maximum absolute atomic E-state index is 11.5. The normalized spacial score (nSPS) is 37.4. The van der Waals surface area contributed by atoms with Gasteiger partial charge in [-0.1, -0.05) is 6.42 Å². The third-order valence-corrected chi connectivity index (χ3v) is 3.44. The molecule has 1 aliphatic heterocycles. The van der Waals surface area contributed by atoms with Crippen LogP contribution in [0.4, 0.5) is 0 Å². The Bertz CT molecular complexity index is 232. The van der Waals surface area contributed by atoms with E-state index in [2.05, 4.69) is 10.6 Å². The van der Waals surface area contributed by atoms with Crippen molar-refractivity contribution in [1.82, 2.24) is 10.6 Å². The zero-order valence-electron chi connectivity index (χ0n) is 9.17. The van der Waals surface area contributed by atoms with E-state index in [0.717, 1.165) is 38.6 Å². The predicted molar refractivity (Wildman–Crippen MR) is 59.4 cm³/mol. The Morgan fingerprint density at radius 1 is 1.27 bits per heavy atom. The van der Waals surface area contributed by atoms with Crippen LogP contribution in [0, 0.1) is 0 Å². The van der Waals surface area contributed by atoms with Crippen LogP contribution in [0.3, 0.4) is 0 Å². The van der Waals surface area contributed by atoms with Crippen molar-refractivity contribution in [3.8, 4) is 0 Å². The average Bonchev–Trinajstić information content (AvgIpc) is 2.22. The fraction of sp³-hybridized carbons (Fsp3) is 0.909. The average molecular weight is 211 g/mol. The molecule has 4 nitrogen and oxygen atoms in total. The molecule has 86 valence electrons. The van der Waals surface area contributed by atoms with Crippen LogP contribution >= 0.6 is 0 Å². The lowest BCUT2D eigenvalue weighted by Gasteiger charge is -2.32. The van der Waals surface area contributed by atoms with Crippen LogP contribution in [-0.2, 0) is 4.79 Å². The number of hydrogen-bond donors (Lipinski definition) is 3. The van der Waals surface area contributed by atoms with Gasteiger partial charge in [-0.15, -0.1) is 0 Å². The molecule has 2 rings (SSSR count). The van der Waals surface area contributed by atoms with E-state index < -0.39 is 0 Å². The number of carbonyl (C=O) groups excluding carboxylic acids is 1. The molecule has 2 fully saturated rings. The van der Waals surface area contributed by atoms with Crippen molar-refractivity contribution in [3.05, 3.63) is 0 Å². The third-order valence-electron chi connectivity index (χ3n) is 3.44. The van der Waals surface area contributed by atoms with Gasteiger partial charge in [0.25, 0.3) is 0 Å². The number of nitrogens with two attached hydrogens (primary N) is 1. The van der Waals surface area contributed by atoms with Crippen LogP contribution in [0.5, 0.6) is 0 Å². The molecule has 3 atom stereocenters. The highest BCUT2D eigenvalue weighted by atomic mass is 16.2. The Labute approximate surface area is 91.0 Å². The zero-order chi connectivity index (χ0) is 10.7. The van der Waals surface area contributed by atoms with Crippen LogP contribution in [0.2, 0.25) is 0 Å². The van der Waals surface area contributed by atoms with Crippen molar-refractivity contribution in [3.63, 3.8) is 0 Å². The van der Waals surface area contributed by atoms with Gasteiger partial charge in [-0.3, -0.25) is 4.79 Å². The summed E-state index contributed by atoms with van der Waals surface area (Å²) in [6.45, 7) is 0.835. The SMILES string of the molecule is NC1CCCC(NC2CCCNC2=O)C1. The first-order valence-corrected chi connectivity index (χ1v) is 6.05. The van der Waals surface area contributed by atoms with Crippen LogP contribution < -0.4 is 16.4 Å². The minimum absolute atomic E-state index is 0.0223. The van der Waals surface area contributed by atoms with Crippen LogP contribution in [0.1, 0.15) is 38.5 Å². The maximum Gasteiger partial charge on any atom is 0.237 e. The molecular formula is C11H21N3O. The predicted octanol–water partition coefficient (Wildman–Crippen LogP) is 0.124. The molecule has 0 aromatic carbocycles. The quantitative estimate of drug-likeness (QED) is 0.608. The van der Waals surface area contributed by atoms with Gasteiger partial charge < -0.3 is 16.4 Å². The van der Waals surface area contributed by atoms with E-state index in [4.69, 9.17) is 5.73 Å². The fourth-order valence-corrected chi connectivity index (χ4v) is 2.59. The summed E-state index contributed by atoms with van der Waals surface area (Å²) >= 11 is 0. The van der Waals surface area contributed by atoms with Gasteiger partial charge in [-0.05, 0) is 32.1 Å². The van der Waals surface area contributed by atoms with Crippen LogP contribution in [-0.4, -0.2) is 30.6 Å². The Balaban J connectivity index is 1.81. The van der Waals surface area contributed by atoms with E-state index in [9.17, 15) is 4.79 Å². The number of carbonyl (C=O) groups is 1. The monoisotopic (exact) mass is 211 g/mol. The lowest BCUT2D eigenvalue weighted by Crippen LogP contribution is -2.53. The smallest absolute Gasteiger partial charge is 0.237 e. The van der Waals surface area contributed by atoms with E-state index in [-0.39, 0.29) is 11.9 Å². The first kappa shape index (κ1) is 10.9. The Kier molecular flexibility index (Phi) is 3.59. The molecule has 0 bridgehead atoms. The fourth-order valence-electron chi connectivity index (χ4n) is 2.59. The van der Waals surface area contributed by atoms with Gasteiger partial charge in [-0.2, -0.15) is 0 Å². The minimum Gasteiger partial charge on any atom is -0.355 e. The zero-order valence-corrected chi connectivity index (χ0v) is 9.17. The summed E-state index contributed by atoms with van der Waals surface area (Å²) in [5, 5.41) is 6.35. The summed E-state index contributed by atoms with van der Waals surface area (Å²) in [6.07, 6.45) is 6.56. The first-order valence-electron chi connectivity index (χ1n) is 6.05. The lowest BCUT2D eigenvalue weighted by atomic mass is 9.90. The van der Waals surface area contributed by atoms with Crippen molar-refractivity contribution < 1.29 is 4.79 Å². The second kappa shape index (κ2) is 4.94. The number of piperidine rings is 1. The molecule has 0 aromatic rings. The molecule has 0 radical (unpaired) electrons. The standard InChI is InChI=1S/C11H21N3O/c12-8-3-1-4-9(7-8)14-10-5-2-6-13-11(10)15/h8-10,14H,1-7,12H2,(H,13,15). The Hall–Kier alpha value is -0.610. The number of nitrogens with one attached hydrogen (secondary N) is 2. The Morgan fingerprint density at radius 3 is 2.87 bits per heavy atom. The van der Waals surface area contributed by atoms with Gasteiger partial charge in [0, 0.05) is 18.6 Å². The molecule has 2 aliphatic rings. The van der Waals surface area contributed by atoms with E-state index in [0.29, 0.717) is 12.1 Å². The number of rotatable bonds is 2. The number of hydrogen-bond acceptors (Lipinski definition) is 3. The topological polar surface area (TPSA) is 67.2 Å². The van der Waals surface area contributed by atoms with Crippen molar-refractivity contribution >= 4 is 5.91 Å². The molecule has 1 saturated heterocycles. The van der Waals surface area contributed by atoms with E-state index in [1.54, 1.807) is 0 Å². The molecule has 15 heavy (non-hydrogen) atoms. The summed E-state index contributed by atoms with van der Waals surface area (Å²) in [7, 11) is 0. The molecule has 0 aromatic heterocycles. The van der Waals surface area contributed by atoms with E-state index in [1.807, 2.05) is 0 Å². The first-order chi connectivity index (χ1) is 7.25. The molecule has 4 heteroatoms. The largest absolute Gasteiger partial charge is 0.355 e. The Morgan fingerprint density at radius 2 is 2.13 bits per heavy atom. The molecule has 3 unspecified atom stereocenters. The summed E-state index contributed by atoms with van der Waals surface area (Å²) in [5.74, 6) is 0.167. The van der Waals surface area contributed by atoms with Gasteiger partial charge in [-0.25, -0.2) is 0 Å². The second-order valence-electron chi connectivity index (χ2n) is 4.78. The van der Waals surface area contributed by atoms with E-state index >= 15 is 0 Å². The number of amides is 1. The summed E-state index contributed by atoms with van der Waals surface area (Å²) in [5.41, 5.74) is 5.92.